The van der Waals surface area contributed by atoms with E-state index in [1.807, 2.05) is 0 Å². The molecule has 0 saturated heterocycles. The maximum absolute atomic E-state index is 11.5. The van der Waals surface area contributed by atoms with Crippen LogP contribution in [0.15, 0.2) is 12.3 Å². The predicted octanol–water partition coefficient (Wildman–Crippen LogP) is 0.644. The number of carbonyl (C=O) groups is 1. The summed E-state index contributed by atoms with van der Waals surface area (Å²) in [6, 6.07) is 1.66. The van der Waals surface area contributed by atoms with E-state index in [4.69, 9.17) is 10.5 Å². The van der Waals surface area contributed by atoms with Gasteiger partial charge in [-0.3, -0.25) is 9.48 Å². The van der Waals surface area contributed by atoms with Gasteiger partial charge in [0.15, 0.2) is 0 Å². The van der Waals surface area contributed by atoms with Crippen LogP contribution in [-0.4, -0.2) is 35.4 Å². The summed E-state index contributed by atoms with van der Waals surface area (Å²) in [5.41, 5.74) is 5.45. The van der Waals surface area contributed by atoms with Crippen molar-refractivity contribution < 1.29 is 9.53 Å². The molecule has 102 valence electrons. The zero-order valence-electron chi connectivity index (χ0n) is 11.1. The molecule has 6 heteroatoms. The Morgan fingerprint density at radius 1 is 1.56 bits per heavy atom. The largest absolute Gasteiger partial charge is 0.382 e. The molecule has 0 radical (unpaired) electrons. The Bertz CT molecular complexity index is 363. The summed E-state index contributed by atoms with van der Waals surface area (Å²) < 4.78 is 6.90. The third kappa shape index (κ3) is 6.24. The molecule has 1 aromatic rings. The second-order valence-electron chi connectivity index (χ2n) is 4.58. The van der Waals surface area contributed by atoms with E-state index < -0.39 is 0 Å². The highest BCUT2D eigenvalue weighted by Gasteiger charge is 2.03. The summed E-state index contributed by atoms with van der Waals surface area (Å²) >= 11 is 0. The summed E-state index contributed by atoms with van der Waals surface area (Å²) in [6.07, 6.45) is 2.72. The fourth-order valence-corrected chi connectivity index (χ4v) is 1.35. The number of nitrogens with zero attached hydrogens (tertiary/aromatic N) is 2. The van der Waals surface area contributed by atoms with E-state index in [-0.39, 0.29) is 12.5 Å². The summed E-state index contributed by atoms with van der Waals surface area (Å²) in [6.45, 7) is 6.29. The lowest BCUT2D eigenvalue weighted by atomic mass is 10.1. The van der Waals surface area contributed by atoms with E-state index in [0.29, 0.717) is 24.9 Å². The zero-order valence-corrected chi connectivity index (χ0v) is 11.1. The number of aromatic nitrogens is 2. The average Bonchev–Trinajstić information content (AvgIpc) is 2.68. The lowest BCUT2D eigenvalue weighted by Crippen LogP contribution is -2.30. The molecular weight excluding hydrogens is 232 g/mol. The van der Waals surface area contributed by atoms with Gasteiger partial charge in [0, 0.05) is 19.3 Å². The molecule has 18 heavy (non-hydrogen) atoms. The Hall–Kier alpha value is -1.56. The molecule has 0 aliphatic carbocycles. The Morgan fingerprint density at radius 3 is 2.94 bits per heavy atom. The van der Waals surface area contributed by atoms with Crippen LogP contribution < -0.4 is 11.1 Å². The molecule has 1 rings (SSSR count). The van der Waals surface area contributed by atoms with Crippen molar-refractivity contribution in [2.75, 3.05) is 25.5 Å². The summed E-state index contributed by atoms with van der Waals surface area (Å²) in [4.78, 5) is 11.5. The van der Waals surface area contributed by atoms with Crippen molar-refractivity contribution in [1.82, 2.24) is 15.1 Å². The van der Waals surface area contributed by atoms with Crippen molar-refractivity contribution >= 4 is 11.7 Å². The SMILES string of the molecule is CC(C)CCOCCNC(=O)Cn1ccc(N)n1. The molecule has 0 atom stereocenters. The quantitative estimate of drug-likeness (QED) is 0.667. The van der Waals surface area contributed by atoms with Gasteiger partial charge in [0.05, 0.1) is 6.61 Å². The highest BCUT2D eigenvalue weighted by atomic mass is 16.5. The van der Waals surface area contributed by atoms with Crippen LogP contribution in [0.1, 0.15) is 20.3 Å². The smallest absolute Gasteiger partial charge is 0.241 e. The summed E-state index contributed by atoms with van der Waals surface area (Å²) in [5, 5.41) is 6.69. The van der Waals surface area contributed by atoms with Crippen LogP contribution in [0.25, 0.3) is 0 Å². The highest BCUT2D eigenvalue weighted by molar-refractivity contribution is 5.75. The fraction of sp³-hybridized carbons (Fsp3) is 0.667. The van der Waals surface area contributed by atoms with Gasteiger partial charge in [-0.1, -0.05) is 13.8 Å². The third-order valence-electron chi connectivity index (χ3n) is 2.37. The van der Waals surface area contributed by atoms with Crippen LogP contribution in [0.2, 0.25) is 0 Å². The highest BCUT2D eigenvalue weighted by Crippen LogP contribution is 1.98. The van der Waals surface area contributed by atoms with E-state index in [0.717, 1.165) is 13.0 Å². The Balaban J connectivity index is 2.03. The second kappa shape index (κ2) is 7.71. The third-order valence-corrected chi connectivity index (χ3v) is 2.37. The first-order chi connectivity index (χ1) is 8.58. The molecular formula is C12H22N4O2. The molecule has 0 unspecified atom stereocenters. The van der Waals surface area contributed by atoms with Gasteiger partial charge in [-0.2, -0.15) is 5.10 Å². The van der Waals surface area contributed by atoms with Crippen LogP contribution in [0.5, 0.6) is 0 Å². The van der Waals surface area contributed by atoms with Crippen LogP contribution >= 0.6 is 0 Å². The van der Waals surface area contributed by atoms with Crippen LogP contribution in [-0.2, 0) is 16.1 Å². The van der Waals surface area contributed by atoms with Gasteiger partial charge < -0.3 is 15.8 Å². The van der Waals surface area contributed by atoms with Gasteiger partial charge in [-0.05, 0) is 18.4 Å². The first-order valence-corrected chi connectivity index (χ1v) is 6.21. The molecule has 0 saturated carbocycles. The summed E-state index contributed by atoms with van der Waals surface area (Å²) in [5.74, 6) is 0.968. The molecule has 1 heterocycles. The Kier molecular flexibility index (Phi) is 6.21. The van der Waals surface area contributed by atoms with Gasteiger partial charge in [0.2, 0.25) is 5.91 Å². The lowest BCUT2D eigenvalue weighted by molar-refractivity contribution is -0.122. The standard InChI is InChI=1S/C12H22N4O2/c1-10(2)4-7-18-8-5-14-12(17)9-16-6-3-11(13)15-16/h3,6,10H,4-5,7-9H2,1-2H3,(H2,13,15)(H,14,17). The first-order valence-electron chi connectivity index (χ1n) is 6.21. The first kappa shape index (κ1) is 14.5. The predicted molar refractivity (Wildman–Crippen MR) is 69.9 cm³/mol. The Morgan fingerprint density at radius 2 is 2.33 bits per heavy atom. The molecule has 3 N–H and O–H groups in total. The minimum Gasteiger partial charge on any atom is -0.382 e. The van der Waals surface area contributed by atoms with Gasteiger partial charge in [-0.25, -0.2) is 0 Å². The van der Waals surface area contributed by atoms with Gasteiger partial charge >= 0.3 is 0 Å². The zero-order chi connectivity index (χ0) is 13.4. The number of hydrogen-bond acceptors (Lipinski definition) is 4. The molecule has 0 aliphatic rings. The number of amides is 1. The molecule has 6 nitrogen and oxygen atoms in total. The molecule has 0 aromatic carbocycles. The molecule has 1 aromatic heterocycles. The van der Waals surface area contributed by atoms with Crippen molar-refractivity contribution in [3.05, 3.63) is 12.3 Å². The van der Waals surface area contributed by atoms with E-state index in [1.54, 1.807) is 12.3 Å². The van der Waals surface area contributed by atoms with Crippen molar-refractivity contribution in [3.8, 4) is 0 Å². The van der Waals surface area contributed by atoms with E-state index in [9.17, 15) is 4.79 Å². The topological polar surface area (TPSA) is 82.2 Å². The number of carbonyl (C=O) groups excluding carboxylic acids is 1. The van der Waals surface area contributed by atoms with Crippen molar-refractivity contribution in [2.24, 2.45) is 5.92 Å². The molecule has 0 fully saturated rings. The Labute approximate surface area is 107 Å². The van der Waals surface area contributed by atoms with Crippen molar-refractivity contribution in [3.63, 3.8) is 0 Å². The number of nitrogens with two attached hydrogens (primary N) is 1. The van der Waals surface area contributed by atoms with Crippen molar-refractivity contribution in [1.29, 1.82) is 0 Å². The van der Waals surface area contributed by atoms with E-state index in [1.165, 1.54) is 4.68 Å². The van der Waals surface area contributed by atoms with Gasteiger partial charge in [0.25, 0.3) is 0 Å². The number of anilines is 1. The van der Waals surface area contributed by atoms with Crippen molar-refractivity contribution in [2.45, 2.75) is 26.8 Å². The maximum Gasteiger partial charge on any atom is 0.241 e. The van der Waals surface area contributed by atoms with Gasteiger partial charge in [-0.15, -0.1) is 0 Å². The van der Waals surface area contributed by atoms with E-state index in [2.05, 4.69) is 24.3 Å². The second-order valence-corrected chi connectivity index (χ2v) is 4.58. The van der Waals surface area contributed by atoms with Crippen LogP contribution in [0, 0.1) is 5.92 Å². The molecule has 0 aliphatic heterocycles. The summed E-state index contributed by atoms with van der Waals surface area (Å²) in [7, 11) is 0. The van der Waals surface area contributed by atoms with Gasteiger partial charge in [0.1, 0.15) is 12.4 Å². The number of nitrogens with one attached hydrogen (secondary N) is 1. The lowest BCUT2D eigenvalue weighted by Gasteiger charge is -2.07. The van der Waals surface area contributed by atoms with Crippen LogP contribution in [0.4, 0.5) is 5.82 Å². The monoisotopic (exact) mass is 254 g/mol. The number of ether oxygens (including phenoxy) is 1. The van der Waals surface area contributed by atoms with E-state index >= 15 is 0 Å². The maximum atomic E-state index is 11.5. The molecule has 0 bridgehead atoms. The normalized spacial score (nSPS) is 10.8. The number of rotatable bonds is 8. The fourth-order valence-electron chi connectivity index (χ4n) is 1.35. The molecule has 1 amide bonds. The average molecular weight is 254 g/mol. The molecule has 0 spiro atoms. The number of nitrogen functional groups attached to an aromatic ring is 1. The minimum atomic E-state index is -0.0921. The minimum absolute atomic E-state index is 0.0921. The number of hydrogen-bond donors (Lipinski definition) is 2. The van der Waals surface area contributed by atoms with Crippen LogP contribution in [0.3, 0.4) is 0 Å².